The molecule has 0 fully saturated rings. The number of aryl methyl sites for hydroxylation is 2. The Balaban J connectivity index is 1.90. The molecule has 0 bridgehead atoms. The first kappa shape index (κ1) is 25.5. The molecule has 0 aliphatic rings. The average molecular weight is 477 g/mol. The van der Waals surface area contributed by atoms with Gasteiger partial charge in [0.15, 0.2) is 11.0 Å². The summed E-state index contributed by atoms with van der Waals surface area (Å²) >= 11 is 1.37. The van der Waals surface area contributed by atoms with Crippen LogP contribution in [0.3, 0.4) is 0 Å². The largest absolute Gasteiger partial charge is 0.311 e. The zero-order chi connectivity index (χ0) is 24.7. The number of anilines is 1. The fourth-order valence-corrected chi connectivity index (χ4v) is 4.89. The number of benzene rings is 2. The average Bonchev–Trinajstić information content (AvgIpc) is 3.21. The highest BCUT2D eigenvalue weighted by Crippen LogP contribution is 2.29. The monoisotopic (exact) mass is 476 g/mol. The number of hydrogen-bond acceptors (Lipinski definition) is 6. The van der Waals surface area contributed by atoms with Gasteiger partial charge in [-0.3, -0.25) is 14.3 Å². The van der Waals surface area contributed by atoms with Gasteiger partial charge in [0.1, 0.15) is 0 Å². The Kier molecular flexibility index (Phi) is 8.85. The van der Waals surface area contributed by atoms with Crippen LogP contribution in [0.4, 0.5) is 5.69 Å². The quantitative estimate of drug-likeness (QED) is 0.386. The van der Waals surface area contributed by atoms with E-state index in [9.17, 15) is 4.79 Å². The van der Waals surface area contributed by atoms with Crippen LogP contribution in [-0.4, -0.2) is 52.0 Å². The number of nitrogens with zero attached hydrogens (tertiary/aromatic N) is 6. The maximum Gasteiger partial charge on any atom is 0.237 e. The van der Waals surface area contributed by atoms with Crippen molar-refractivity contribution >= 4 is 23.4 Å². The first-order valence-electron chi connectivity index (χ1n) is 11.4. The summed E-state index contributed by atoms with van der Waals surface area (Å²) in [5.41, 5.74) is 3.95. The normalized spacial score (nSPS) is 11.9. The van der Waals surface area contributed by atoms with Crippen LogP contribution in [0.2, 0.25) is 0 Å². The van der Waals surface area contributed by atoms with Crippen LogP contribution in [0.25, 0.3) is 5.69 Å². The van der Waals surface area contributed by atoms with Crippen molar-refractivity contribution in [2.75, 3.05) is 31.3 Å². The smallest absolute Gasteiger partial charge is 0.237 e. The number of para-hydroxylation sites is 1. The number of aromatic nitrogens is 3. The third kappa shape index (κ3) is 6.04. The Morgan fingerprint density at radius 3 is 2.38 bits per heavy atom. The predicted octanol–water partition coefficient (Wildman–Crippen LogP) is 4.94. The molecule has 1 atom stereocenters. The van der Waals surface area contributed by atoms with E-state index in [0.29, 0.717) is 11.7 Å². The zero-order valence-corrected chi connectivity index (χ0v) is 21.3. The van der Waals surface area contributed by atoms with Gasteiger partial charge in [0, 0.05) is 17.9 Å². The van der Waals surface area contributed by atoms with Crippen LogP contribution in [0.5, 0.6) is 0 Å². The van der Waals surface area contributed by atoms with Crippen molar-refractivity contribution in [1.82, 2.24) is 19.7 Å². The first-order valence-corrected chi connectivity index (χ1v) is 12.4. The first-order chi connectivity index (χ1) is 16.3. The van der Waals surface area contributed by atoms with Crippen molar-refractivity contribution in [2.24, 2.45) is 0 Å². The molecule has 3 aromatic rings. The van der Waals surface area contributed by atoms with E-state index in [0.717, 1.165) is 34.7 Å². The van der Waals surface area contributed by atoms with Gasteiger partial charge in [0.2, 0.25) is 5.91 Å². The summed E-state index contributed by atoms with van der Waals surface area (Å²) in [6.45, 7) is 6.50. The number of hydrogen-bond donors (Lipinski definition) is 0. The Hall–Kier alpha value is -3.15. The van der Waals surface area contributed by atoms with Gasteiger partial charge in [-0.25, -0.2) is 0 Å². The van der Waals surface area contributed by atoms with E-state index in [4.69, 9.17) is 5.26 Å². The minimum Gasteiger partial charge on any atom is -0.311 e. The highest BCUT2D eigenvalue weighted by molar-refractivity contribution is 7.99. The predicted molar refractivity (Wildman–Crippen MR) is 137 cm³/mol. The number of thioether (sulfide) groups is 1. The molecular formula is C26H32N6OS. The lowest BCUT2D eigenvalue weighted by molar-refractivity contribution is -0.116. The second-order valence-corrected chi connectivity index (χ2v) is 9.43. The fourth-order valence-electron chi connectivity index (χ4n) is 4.06. The van der Waals surface area contributed by atoms with Gasteiger partial charge in [-0.1, -0.05) is 43.0 Å². The van der Waals surface area contributed by atoms with Crippen molar-refractivity contribution in [2.45, 2.75) is 44.8 Å². The second kappa shape index (κ2) is 11.8. The summed E-state index contributed by atoms with van der Waals surface area (Å²) in [5, 5.41) is 18.8. The maximum absolute atomic E-state index is 13.3. The SMILES string of the molecule is CC[C@H](c1nnc(SCC(=O)N(CCC#N)c2cc(C)cc(C)c2)n1-c1ccccc1)N(C)C. The van der Waals surface area contributed by atoms with Gasteiger partial charge in [0.05, 0.1) is 24.3 Å². The van der Waals surface area contributed by atoms with Crippen molar-refractivity contribution in [3.05, 3.63) is 65.5 Å². The van der Waals surface area contributed by atoms with Gasteiger partial charge < -0.3 is 4.90 Å². The van der Waals surface area contributed by atoms with E-state index in [2.05, 4.69) is 34.2 Å². The highest BCUT2D eigenvalue weighted by Gasteiger charge is 2.24. The molecule has 0 spiro atoms. The molecule has 8 heteroatoms. The topological polar surface area (TPSA) is 78.0 Å². The molecule has 0 radical (unpaired) electrons. The van der Waals surface area contributed by atoms with Crippen molar-refractivity contribution < 1.29 is 4.79 Å². The summed E-state index contributed by atoms with van der Waals surface area (Å²) in [4.78, 5) is 17.2. The zero-order valence-electron chi connectivity index (χ0n) is 20.5. The molecule has 0 aliphatic carbocycles. The van der Waals surface area contributed by atoms with Crippen LogP contribution in [0, 0.1) is 25.2 Å². The van der Waals surface area contributed by atoms with Crippen molar-refractivity contribution in [3.63, 3.8) is 0 Å². The van der Waals surface area contributed by atoms with Crippen LogP contribution < -0.4 is 4.90 Å². The molecule has 3 rings (SSSR count). The second-order valence-electron chi connectivity index (χ2n) is 8.49. The summed E-state index contributed by atoms with van der Waals surface area (Å²) in [6.07, 6.45) is 1.16. The standard InChI is InChI=1S/C26H32N6OS/c1-6-23(30(4)5)25-28-29-26(32(25)21-11-8-7-9-12-21)34-18-24(33)31(14-10-13-27)22-16-19(2)15-20(3)17-22/h7-9,11-12,15-17,23H,6,10,14,18H2,1-5H3/t23-/m1/s1. The molecule has 0 unspecified atom stereocenters. The molecule has 0 saturated heterocycles. The van der Waals surface area contributed by atoms with Crippen molar-refractivity contribution in [3.8, 4) is 11.8 Å². The van der Waals surface area contributed by atoms with Gasteiger partial charge >= 0.3 is 0 Å². The lowest BCUT2D eigenvalue weighted by Crippen LogP contribution is -2.33. The molecule has 1 aromatic heterocycles. The molecular weight excluding hydrogens is 444 g/mol. The van der Waals surface area contributed by atoms with E-state index < -0.39 is 0 Å². The number of carbonyl (C=O) groups excluding carboxylic acids is 1. The van der Waals surface area contributed by atoms with Crippen LogP contribution in [-0.2, 0) is 4.79 Å². The van der Waals surface area contributed by atoms with Gasteiger partial charge in [0.25, 0.3) is 0 Å². The Labute approximate surface area is 206 Å². The van der Waals surface area contributed by atoms with E-state index in [1.807, 2.05) is 75.0 Å². The minimum absolute atomic E-state index is 0.0611. The summed E-state index contributed by atoms with van der Waals surface area (Å²) in [5.74, 6) is 0.987. The lowest BCUT2D eigenvalue weighted by atomic mass is 10.1. The van der Waals surface area contributed by atoms with E-state index in [-0.39, 0.29) is 24.1 Å². The number of amides is 1. The van der Waals surface area contributed by atoms with Crippen LogP contribution in [0.15, 0.2) is 53.7 Å². The molecule has 0 N–H and O–H groups in total. The van der Waals surface area contributed by atoms with Crippen molar-refractivity contribution in [1.29, 1.82) is 5.26 Å². The van der Waals surface area contributed by atoms with Gasteiger partial charge in [-0.15, -0.1) is 10.2 Å². The summed E-state index contributed by atoms with van der Waals surface area (Å²) in [7, 11) is 4.07. The Morgan fingerprint density at radius 1 is 1.12 bits per heavy atom. The number of nitriles is 1. The maximum atomic E-state index is 13.3. The Bertz CT molecular complexity index is 1130. The summed E-state index contributed by atoms with van der Waals surface area (Å²) < 4.78 is 2.04. The van der Waals surface area contributed by atoms with E-state index >= 15 is 0 Å². The molecule has 178 valence electrons. The van der Waals surface area contributed by atoms with Gasteiger partial charge in [-0.05, 0) is 69.8 Å². The molecule has 7 nitrogen and oxygen atoms in total. The van der Waals surface area contributed by atoms with Crippen LogP contribution >= 0.6 is 11.8 Å². The minimum atomic E-state index is -0.0611. The highest BCUT2D eigenvalue weighted by atomic mass is 32.2. The van der Waals surface area contributed by atoms with Crippen LogP contribution in [0.1, 0.15) is 42.8 Å². The van der Waals surface area contributed by atoms with Gasteiger partial charge in [-0.2, -0.15) is 5.26 Å². The summed E-state index contributed by atoms with van der Waals surface area (Å²) in [6, 6.07) is 18.3. The molecule has 1 heterocycles. The number of carbonyl (C=O) groups is 1. The lowest BCUT2D eigenvalue weighted by Gasteiger charge is -2.24. The molecule has 2 aromatic carbocycles. The van der Waals surface area contributed by atoms with E-state index in [1.165, 1.54) is 11.8 Å². The molecule has 0 aliphatic heterocycles. The molecule has 0 saturated carbocycles. The Morgan fingerprint density at radius 2 is 1.79 bits per heavy atom. The third-order valence-electron chi connectivity index (χ3n) is 5.57. The molecule has 34 heavy (non-hydrogen) atoms. The molecule has 1 amide bonds. The van der Waals surface area contributed by atoms with E-state index in [1.54, 1.807) is 4.90 Å². The fraction of sp³-hybridized carbons (Fsp3) is 0.385. The number of rotatable bonds is 10. The third-order valence-corrected chi connectivity index (χ3v) is 6.49.